The molecule has 0 fully saturated rings. The zero-order chi connectivity index (χ0) is 22.9. The molecule has 0 radical (unpaired) electrons. The monoisotopic (exact) mass is 448 g/mol. The summed E-state index contributed by atoms with van der Waals surface area (Å²) in [6.07, 6.45) is 1.22. The molecule has 0 aliphatic heterocycles. The second kappa shape index (κ2) is 9.03. The number of hydrogen-bond donors (Lipinski definition) is 2. The van der Waals surface area contributed by atoms with E-state index in [0.29, 0.717) is 5.56 Å². The first-order valence-electron chi connectivity index (χ1n) is 9.59. The second-order valence-corrected chi connectivity index (χ2v) is 7.90. The Balaban J connectivity index is 2.32. The van der Waals surface area contributed by atoms with Gasteiger partial charge in [-0.3, -0.25) is 4.79 Å². The third kappa shape index (κ3) is 4.26. The Morgan fingerprint density at radius 1 is 1.32 bits per heavy atom. The summed E-state index contributed by atoms with van der Waals surface area (Å²) in [6, 6.07) is 5.52. The molecule has 31 heavy (non-hydrogen) atoms. The Morgan fingerprint density at radius 3 is 2.61 bits per heavy atom. The van der Waals surface area contributed by atoms with Crippen LogP contribution >= 0.6 is 11.6 Å². The van der Waals surface area contributed by atoms with Crippen molar-refractivity contribution in [3.8, 4) is 5.88 Å². The van der Waals surface area contributed by atoms with Crippen LogP contribution in [-0.4, -0.2) is 39.5 Å². The van der Waals surface area contributed by atoms with Gasteiger partial charge in [0.2, 0.25) is 11.3 Å². The number of ether oxygens (including phenoxy) is 1. The Bertz CT molecular complexity index is 1210. The van der Waals surface area contributed by atoms with Gasteiger partial charge in [-0.25, -0.2) is 9.18 Å². The van der Waals surface area contributed by atoms with E-state index in [-0.39, 0.29) is 46.4 Å². The maximum atomic E-state index is 14.4. The third-order valence-corrected chi connectivity index (χ3v) is 5.49. The number of pyridine rings is 2. The van der Waals surface area contributed by atoms with Crippen LogP contribution in [-0.2, 0) is 6.42 Å². The van der Waals surface area contributed by atoms with Crippen molar-refractivity contribution < 1.29 is 24.1 Å². The van der Waals surface area contributed by atoms with E-state index in [4.69, 9.17) is 16.3 Å². The highest BCUT2D eigenvalue weighted by Crippen LogP contribution is 2.29. The van der Waals surface area contributed by atoms with E-state index in [0.717, 1.165) is 0 Å². The van der Waals surface area contributed by atoms with Gasteiger partial charge in [0.25, 0.3) is 0 Å². The minimum atomic E-state index is -1.39. The van der Waals surface area contributed by atoms with E-state index in [2.05, 4.69) is 4.98 Å². The number of carboxylic acids is 1. The van der Waals surface area contributed by atoms with Crippen molar-refractivity contribution in [1.82, 2.24) is 9.55 Å². The summed E-state index contributed by atoms with van der Waals surface area (Å²) in [7, 11) is 1.39. The van der Waals surface area contributed by atoms with Gasteiger partial charge >= 0.3 is 5.97 Å². The molecule has 0 amide bonds. The maximum Gasteiger partial charge on any atom is 0.341 e. The SMILES string of the molecule is COc1nc2c(cc1Cc1cccc(Cl)c1F)c(=O)c(C(=O)O)cn2C(CO)C(C)C. The van der Waals surface area contributed by atoms with Crippen LogP contribution in [0, 0.1) is 11.7 Å². The molecule has 0 bridgehead atoms. The Labute approximate surface area is 182 Å². The summed E-state index contributed by atoms with van der Waals surface area (Å²) in [5, 5.41) is 19.4. The summed E-state index contributed by atoms with van der Waals surface area (Å²) in [5.74, 6) is -1.91. The molecule has 0 saturated carbocycles. The molecule has 0 spiro atoms. The molecule has 2 N–H and O–H groups in total. The van der Waals surface area contributed by atoms with Crippen molar-refractivity contribution in [2.24, 2.45) is 5.92 Å². The van der Waals surface area contributed by atoms with E-state index in [1.54, 1.807) is 12.1 Å². The average molecular weight is 449 g/mol. The number of carboxylic acid groups (broad SMARTS) is 1. The maximum absolute atomic E-state index is 14.4. The lowest BCUT2D eigenvalue weighted by Crippen LogP contribution is -2.26. The molecule has 1 unspecified atom stereocenters. The number of rotatable bonds is 7. The van der Waals surface area contributed by atoms with Crippen molar-refractivity contribution in [2.75, 3.05) is 13.7 Å². The Hall–Kier alpha value is -2.97. The number of halogens is 2. The summed E-state index contributed by atoms with van der Waals surface area (Å²) in [5.41, 5.74) is -0.319. The molecule has 1 atom stereocenters. The molecule has 3 rings (SSSR count). The fourth-order valence-corrected chi connectivity index (χ4v) is 3.71. The van der Waals surface area contributed by atoms with Gasteiger partial charge in [-0.15, -0.1) is 0 Å². The molecule has 7 nitrogen and oxygen atoms in total. The van der Waals surface area contributed by atoms with Gasteiger partial charge in [-0.2, -0.15) is 4.98 Å². The van der Waals surface area contributed by atoms with Crippen LogP contribution < -0.4 is 10.2 Å². The molecule has 164 valence electrons. The molecule has 9 heteroatoms. The number of aromatic nitrogens is 2. The highest BCUT2D eigenvalue weighted by atomic mass is 35.5. The molecule has 1 aromatic carbocycles. The average Bonchev–Trinajstić information content (AvgIpc) is 2.72. The molecule has 0 aliphatic carbocycles. The van der Waals surface area contributed by atoms with Gasteiger partial charge in [0.05, 0.1) is 30.2 Å². The molecule has 2 heterocycles. The highest BCUT2D eigenvalue weighted by molar-refractivity contribution is 6.30. The van der Waals surface area contributed by atoms with Crippen LogP contribution in [0.1, 0.15) is 41.4 Å². The van der Waals surface area contributed by atoms with Crippen LogP contribution in [0.3, 0.4) is 0 Å². The van der Waals surface area contributed by atoms with Crippen LogP contribution in [0.2, 0.25) is 5.02 Å². The Kier molecular flexibility index (Phi) is 6.62. The predicted octanol–water partition coefficient (Wildman–Crippen LogP) is 3.68. The first-order valence-corrected chi connectivity index (χ1v) is 9.97. The van der Waals surface area contributed by atoms with Crippen molar-refractivity contribution >= 4 is 28.6 Å². The second-order valence-electron chi connectivity index (χ2n) is 7.50. The summed E-state index contributed by atoms with van der Waals surface area (Å²) in [6.45, 7) is 3.44. The van der Waals surface area contributed by atoms with Gasteiger partial charge in [0.15, 0.2) is 0 Å². The summed E-state index contributed by atoms with van der Waals surface area (Å²) >= 11 is 5.87. The minimum absolute atomic E-state index is 0.0306. The fourth-order valence-electron chi connectivity index (χ4n) is 3.52. The van der Waals surface area contributed by atoms with Crippen LogP contribution in [0.15, 0.2) is 35.3 Å². The molecular weight excluding hydrogens is 427 g/mol. The van der Waals surface area contributed by atoms with Crippen LogP contribution in [0.4, 0.5) is 4.39 Å². The topological polar surface area (TPSA) is 102 Å². The van der Waals surface area contributed by atoms with E-state index in [1.807, 2.05) is 13.8 Å². The number of fused-ring (bicyclic) bond motifs is 1. The summed E-state index contributed by atoms with van der Waals surface area (Å²) in [4.78, 5) is 29.0. The number of aliphatic hydroxyl groups excluding tert-OH is 1. The first kappa shape index (κ1) is 22.7. The van der Waals surface area contributed by atoms with Gasteiger partial charge in [-0.05, 0) is 23.6 Å². The third-order valence-electron chi connectivity index (χ3n) is 5.19. The normalized spacial score (nSPS) is 12.4. The number of benzene rings is 1. The molecule has 2 aromatic heterocycles. The quantitative estimate of drug-likeness (QED) is 0.571. The van der Waals surface area contributed by atoms with Crippen LogP contribution in [0.25, 0.3) is 11.0 Å². The number of aromatic carboxylic acids is 1. The lowest BCUT2D eigenvalue weighted by molar-refractivity contribution is 0.0694. The Morgan fingerprint density at radius 2 is 2.03 bits per heavy atom. The summed E-state index contributed by atoms with van der Waals surface area (Å²) < 4.78 is 21.3. The van der Waals surface area contributed by atoms with Gasteiger partial charge in [-0.1, -0.05) is 37.6 Å². The van der Waals surface area contributed by atoms with E-state index in [9.17, 15) is 24.2 Å². The van der Waals surface area contributed by atoms with Gasteiger partial charge in [0.1, 0.15) is 17.0 Å². The van der Waals surface area contributed by atoms with E-state index < -0.39 is 28.8 Å². The molecule has 0 aliphatic rings. The minimum Gasteiger partial charge on any atom is -0.481 e. The van der Waals surface area contributed by atoms with Crippen molar-refractivity contribution in [1.29, 1.82) is 0 Å². The van der Waals surface area contributed by atoms with Crippen molar-refractivity contribution in [2.45, 2.75) is 26.3 Å². The lowest BCUT2D eigenvalue weighted by Gasteiger charge is -2.24. The fraction of sp³-hybridized carbons (Fsp3) is 0.318. The number of nitrogens with zero attached hydrogens (tertiary/aromatic N) is 2. The largest absolute Gasteiger partial charge is 0.481 e. The standard InChI is InChI=1S/C22H22ClFN2O5/c1-11(2)17(10-27)26-9-15(22(29)30)19(28)14-8-13(21(31-3)25-20(14)26)7-12-5-4-6-16(23)18(12)24/h4-6,8-9,11,17,27H,7,10H2,1-3H3,(H,29,30). The number of carbonyl (C=O) groups is 1. The van der Waals surface area contributed by atoms with Crippen LogP contribution in [0.5, 0.6) is 5.88 Å². The lowest BCUT2D eigenvalue weighted by atomic mass is 10.0. The van der Waals surface area contributed by atoms with Gasteiger partial charge < -0.3 is 19.5 Å². The molecule has 3 aromatic rings. The molecular formula is C22H22ClFN2O5. The van der Waals surface area contributed by atoms with E-state index >= 15 is 0 Å². The highest BCUT2D eigenvalue weighted by Gasteiger charge is 2.24. The smallest absolute Gasteiger partial charge is 0.341 e. The van der Waals surface area contributed by atoms with E-state index in [1.165, 1.54) is 30.0 Å². The predicted molar refractivity (Wildman–Crippen MR) is 115 cm³/mol. The number of hydrogen-bond acceptors (Lipinski definition) is 5. The zero-order valence-electron chi connectivity index (χ0n) is 17.2. The number of methoxy groups -OCH3 is 1. The van der Waals surface area contributed by atoms with Crippen molar-refractivity contribution in [3.05, 3.63) is 68.2 Å². The number of aliphatic hydroxyl groups is 1. The van der Waals surface area contributed by atoms with Crippen molar-refractivity contribution in [3.63, 3.8) is 0 Å². The molecule has 0 saturated heterocycles. The zero-order valence-corrected chi connectivity index (χ0v) is 18.0. The first-order chi connectivity index (χ1) is 14.7. The van der Waals surface area contributed by atoms with Gasteiger partial charge in [0, 0.05) is 18.2 Å².